The standard InChI is InChI=1S/C10H18N2O2/c1-3-5-14-12-10-7-11-6-9(10)8-13-4-2/h1,9-12H,4-8H2,2H3. The summed E-state index contributed by atoms with van der Waals surface area (Å²) < 4.78 is 5.38. The van der Waals surface area contributed by atoms with Gasteiger partial charge in [-0.3, -0.25) is 4.84 Å². The van der Waals surface area contributed by atoms with E-state index in [0.29, 0.717) is 18.6 Å². The first-order valence-electron chi connectivity index (χ1n) is 4.97. The van der Waals surface area contributed by atoms with E-state index in [1.54, 1.807) is 0 Å². The first-order valence-corrected chi connectivity index (χ1v) is 4.97. The van der Waals surface area contributed by atoms with Crippen LogP contribution in [-0.2, 0) is 9.57 Å². The Bertz CT molecular complexity index is 191. The number of hydroxylamine groups is 1. The Morgan fingerprint density at radius 3 is 3.14 bits per heavy atom. The SMILES string of the molecule is C#CCONC1CNCC1COCC. The van der Waals surface area contributed by atoms with Gasteiger partial charge in [0.25, 0.3) is 0 Å². The summed E-state index contributed by atoms with van der Waals surface area (Å²) in [5.74, 6) is 2.88. The molecule has 1 heterocycles. The van der Waals surface area contributed by atoms with Crippen LogP contribution >= 0.6 is 0 Å². The van der Waals surface area contributed by atoms with Crippen molar-refractivity contribution >= 4 is 0 Å². The zero-order valence-electron chi connectivity index (χ0n) is 8.58. The smallest absolute Gasteiger partial charge is 0.128 e. The van der Waals surface area contributed by atoms with Crippen LogP contribution in [0.3, 0.4) is 0 Å². The van der Waals surface area contributed by atoms with E-state index in [-0.39, 0.29) is 0 Å². The average Bonchev–Trinajstić information content (AvgIpc) is 2.63. The second-order valence-corrected chi connectivity index (χ2v) is 3.29. The maximum atomic E-state index is 5.38. The highest BCUT2D eigenvalue weighted by atomic mass is 16.6. The van der Waals surface area contributed by atoms with Crippen LogP contribution in [0.2, 0.25) is 0 Å². The lowest BCUT2D eigenvalue weighted by molar-refractivity contribution is 0.0152. The second-order valence-electron chi connectivity index (χ2n) is 3.29. The monoisotopic (exact) mass is 198 g/mol. The maximum Gasteiger partial charge on any atom is 0.128 e. The highest BCUT2D eigenvalue weighted by Gasteiger charge is 2.26. The van der Waals surface area contributed by atoms with Crippen molar-refractivity contribution in [3.8, 4) is 12.3 Å². The minimum absolute atomic E-state index is 0.301. The number of nitrogens with one attached hydrogen (secondary N) is 2. The molecule has 1 aliphatic rings. The van der Waals surface area contributed by atoms with Gasteiger partial charge in [0.2, 0.25) is 0 Å². The van der Waals surface area contributed by atoms with E-state index in [0.717, 1.165) is 26.3 Å². The van der Waals surface area contributed by atoms with Gasteiger partial charge in [-0.05, 0) is 6.92 Å². The largest absolute Gasteiger partial charge is 0.381 e. The van der Waals surface area contributed by atoms with Gasteiger partial charge in [-0.25, -0.2) is 0 Å². The zero-order valence-corrected chi connectivity index (χ0v) is 8.58. The number of hydrogen-bond acceptors (Lipinski definition) is 4. The molecule has 1 aliphatic heterocycles. The fourth-order valence-corrected chi connectivity index (χ4v) is 1.51. The van der Waals surface area contributed by atoms with Gasteiger partial charge in [0, 0.05) is 25.6 Å². The number of terminal acetylenes is 1. The van der Waals surface area contributed by atoms with Gasteiger partial charge in [-0.1, -0.05) is 5.92 Å². The van der Waals surface area contributed by atoms with Crippen LogP contribution in [0, 0.1) is 18.3 Å². The van der Waals surface area contributed by atoms with Crippen LogP contribution in [0.1, 0.15) is 6.92 Å². The zero-order chi connectivity index (χ0) is 10.2. The normalized spacial score (nSPS) is 26.3. The van der Waals surface area contributed by atoms with Gasteiger partial charge >= 0.3 is 0 Å². The molecule has 1 saturated heterocycles. The Balaban J connectivity index is 2.18. The van der Waals surface area contributed by atoms with Crippen LogP contribution in [0.4, 0.5) is 0 Å². The van der Waals surface area contributed by atoms with Crippen LogP contribution < -0.4 is 10.8 Å². The van der Waals surface area contributed by atoms with Gasteiger partial charge in [0.15, 0.2) is 0 Å². The van der Waals surface area contributed by atoms with Gasteiger partial charge in [-0.2, -0.15) is 5.48 Å². The molecule has 0 aromatic carbocycles. The average molecular weight is 198 g/mol. The lowest BCUT2D eigenvalue weighted by atomic mass is 10.1. The molecule has 4 heteroatoms. The molecule has 1 rings (SSSR count). The Kier molecular flexibility index (Phi) is 5.57. The predicted octanol–water partition coefficient (Wildman–Crippen LogP) is -0.235. The van der Waals surface area contributed by atoms with E-state index >= 15 is 0 Å². The van der Waals surface area contributed by atoms with Crippen LogP contribution in [0.25, 0.3) is 0 Å². The molecular formula is C10H18N2O2. The molecular weight excluding hydrogens is 180 g/mol. The molecule has 2 atom stereocenters. The number of ether oxygens (including phenoxy) is 1. The molecule has 80 valence electrons. The van der Waals surface area contributed by atoms with Gasteiger partial charge < -0.3 is 10.1 Å². The summed E-state index contributed by atoms with van der Waals surface area (Å²) in [6.45, 7) is 5.70. The summed E-state index contributed by atoms with van der Waals surface area (Å²) in [4.78, 5) is 5.10. The Morgan fingerprint density at radius 2 is 2.43 bits per heavy atom. The molecule has 14 heavy (non-hydrogen) atoms. The second kappa shape index (κ2) is 6.80. The van der Waals surface area contributed by atoms with Crippen molar-refractivity contribution < 1.29 is 9.57 Å². The van der Waals surface area contributed by atoms with Gasteiger partial charge in [0.1, 0.15) is 6.61 Å². The fourth-order valence-electron chi connectivity index (χ4n) is 1.51. The Hall–Kier alpha value is -0.600. The summed E-state index contributed by atoms with van der Waals surface area (Å²) in [6, 6.07) is 0.301. The van der Waals surface area contributed by atoms with Crippen molar-refractivity contribution in [3.05, 3.63) is 0 Å². The van der Waals surface area contributed by atoms with Crippen molar-refractivity contribution in [3.63, 3.8) is 0 Å². The Morgan fingerprint density at radius 1 is 1.57 bits per heavy atom. The van der Waals surface area contributed by atoms with E-state index < -0.39 is 0 Å². The fraction of sp³-hybridized carbons (Fsp3) is 0.800. The molecule has 0 spiro atoms. The van der Waals surface area contributed by atoms with E-state index in [1.165, 1.54) is 0 Å². The molecule has 2 N–H and O–H groups in total. The van der Waals surface area contributed by atoms with E-state index in [9.17, 15) is 0 Å². The number of rotatable bonds is 6. The molecule has 0 bridgehead atoms. The quantitative estimate of drug-likeness (QED) is 0.351. The maximum absolute atomic E-state index is 5.38. The summed E-state index contributed by atoms with van der Waals surface area (Å²) in [5, 5.41) is 3.28. The number of hydrogen-bond donors (Lipinski definition) is 2. The molecule has 0 amide bonds. The molecule has 4 nitrogen and oxygen atoms in total. The van der Waals surface area contributed by atoms with Crippen molar-refractivity contribution in [1.29, 1.82) is 0 Å². The van der Waals surface area contributed by atoms with Crippen LogP contribution in [0.5, 0.6) is 0 Å². The van der Waals surface area contributed by atoms with Crippen molar-refractivity contribution in [2.75, 3.05) is 32.9 Å². The van der Waals surface area contributed by atoms with E-state index in [1.807, 2.05) is 6.92 Å². The molecule has 0 radical (unpaired) electrons. The molecule has 1 fully saturated rings. The summed E-state index contributed by atoms with van der Waals surface area (Å²) in [5.41, 5.74) is 2.96. The molecule has 0 aromatic heterocycles. The first-order chi connectivity index (χ1) is 6.88. The molecule has 0 aliphatic carbocycles. The van der Waals surface area contributed by atoms with E-state index in [2.05, 4.69) is 16.7 Å². The van der Waals surface area contributed by atoms with Crippen molar-refractivity contribution in [2.45, 2.75) is 13.0 Å². The highest BCUT2D eigenvalue weighted by molar-refractivity contribution is 4.86. The summed E-state index contributed by atoms with van der Waals surface area (Å²) >= 11 is 0. The third-order valence-corrected chi connectivity index (χ3v) is 2.27. The first kappa shape index (κ1) is 11.5. The molecule has 0 aromatic rings. The Labute approximate surface area is 85.3 Å². The summed E-state index contributed by atoms with van der Waals surface area (Å²) in [6.07, 6.45) is 5.07. The molecule has 0 saturated carbocycles. The third-order valence-electron chi connectivity index (χ3n) is 2.27. The van der Waals surface area contributed by atoms with Crippen molar-refractivity contribution in [2.24, 2.45) is 5.92 Å². The van der Waals surface area contributed by atoms with Crippen LogP contribution in [-0.4, -0.2) is 39.0 Å². The highest BCUT2D eigenvalue weighted by Crippen LogP contribution is 2.09. The predicted molar refractivity (Wildman–Crippen MR) is 54.6 cm³/mol. The minimum atomic E-state index is 0.301. The minimum Gasteiger partial charge on any atom is -0.381 e. The topological polar surface area (TPSA) is 42.5 Å². The molecule has 2 unspecified atom stereocenters. The van der Waals surface area contributed by atoms with Crippen molar-refractivity contribution in [1.82, 2.24) is 10.8 Å². The third kappa shape index (κ3) is 3.64. The van der Waals surface area contributed by atoms with Gasteiger partial charge in [-0.15, -0.1) is 6.42 Å². The van der Waals surface area contributed by atoms with E-state index in [4.69, 9.17) is 16.0 Å². The summed E-state index contributed by atoms with van der Waals surface area (Å²) in [7, 11) is 0. The lowest BCUT2D eigenvalue weighted by Gasteiger charge is -2.18. The van der Waals surface area contributed by atoms with Gasteiger partial charge in [0.05, 0.1) is 12.6 Å². The lowest BCUT2D eigenvalue weighted by Crippen LogP contribution is -2.38. The van der Waals surface area contributed by atoms with Crippen LogP contribution in [0.15, 0.2) is 0 Å².